The minimum absolute atomic E-state index is 0.00103. The molecule has 0 bridgehead atoms. The lowest BCUT2D eigenvalue weighted by Gasteiger charge is -2.11. The number of carbonyl (C=O) groups excluding carboxylic acids is 1. The second-order valence-electron chi connectivity index (χ2n) is 7.93. The third-order valence-electron chi connectivity index (χ3n) is 5.25. The maximum absolute atomic E-state index is 12.5. The highest BCUT2D eigenvalue weighted by molar-refractivity contribution is 7.98. The van der Waals surface area contributed by atoms with Crippen LogP contribution in [-0.4, -0.2) is 29.3 Å². The molecular weight excluding hydrogens is 533 g/mol. The maximum atomic E-state index is 12.5. The first-order valence-electron chi connectivity index (χ1n) is 11.2. The quantitative estimate of drug-likeness (QED) is 0.148. The number of nitrogens with zero attached hydrogens (tertiary/aromatic N) is 2. The molecule has 0 unspecified atom stereocenters. The molecule has 0 saturated heterocycles. The Balaban J connectivity index is 1.44. The molecule has 198 valence electrons. The van der Waals surface area contributed by atoms with Gasteiger partial charge in [-0.3, -0.25) is 9.59 Å². The molecule has 8 nitrogen and oxygen atoms in total. The molecule has 1 aromatic heterocycles. The molecule has 3 aromatic carbocycles. The van der Waals surface area contributed by atoms with Crippen LogP contribution in [0.5, 0.6) is 11.5 Å². The van der Waals surface area contributed by atoms with Crippen molar-refractivity contribution in [2.75, 3.05) is 12.4 Å². The van der Waals surface area contributed by atoms with Crippen LogP contribution in [0.2, 0.25) is 0 Å². The lowest BCUT2D eigenvalue weighted by atomic mass is 10.1. The van der Waals surface area contributed by atoms with E-state index in [1.807, 2.05) is 0 Å². The van der Waals surface area contributed by atoms with Crippen molar-refractivity contribution < 1.29 is 27.4 Å². The van der Waals surface area contributed by atoms with Gasteiger partial charge in [0.15, 0.2) is 5.16 Å². The number of aromatic amines is 1. The van der Waals surface area contributed by atoms with Gasteiger partial charge in [0.2, 0.25) is 0 Å². The van der Waals surface area contributed by atoms with Gasteiger partial charge < -0.3 is 19.8 Å². The number of nitrogens with one attached hydrogen (secondary N) is 2. The number of hydrogen-bond acceptors (Lipinski definition) is 6. The molecule has 0 radical (unpaired) electrons. The van der Waals surface area contributed by atoms with Crippen LogP contribution in [0.15, 0.2) is 82.7 Å². The summed E-state index contributed by atoms with van der Waals surface area (Å²) in [5, 5.41) is 2.95. The topological polar surface area (TPSA) is 97.7 Å². The zero-order valence-corrected chi connectivity index (χ0v) is 21.0. The molecule has 39 heavy (non-hydrogen) atoms. The molecule has 0 atom stereocenters. The van der Waals surface area contributed by atoms with Crippen LogP contribution in [0, 0.1) is 6.57 Å². The van der Waals surface area contributed by atoms with Gasteiger partial charge >= 0.3 is 6.36 Å². The van der Waals surface area contributed by atoms with Crippen molar-refractivity contribution in [3.05, 3.63) is 106 Å². The molecule has 12 heteroatoms. The monoisotopic (exact) mass is 552 g/mol. The van der Waals surface area contributed by atoms with E-state index in [-0.39, 0.29) is 16.9 Å². The number of amides is 1. The van der Waals surface area contributed by atoms with Gasteiger partial charge in [-0.05, 0) is 53.6 Å². The standard InChI is InChI=1S/C27H19F3N4O4S/c1-31-23-22(17-5-3-7-20(13-17)37-2)33-26(34-25(23)36)39-15-16-9-11-19(12-10-16)32-24(35)18-6-4-8-21(14-18)38-27(28,29)30/h3-14H,15H2,2H3,(H,32,35)(H,33,34,36). The zero-order valence-electron chi connectivity index (χ0n) is 20.2. The van der Waals surface area contributed by atoms with E-state index in [0.717, 1.165) is 17.7 Å². The second kappa shape index (κ2) is 11.7. The number of halogens is 3. The minimum Gasteiger partial charge on any atom is -0.497 e. The van der Waals surface area contributed by atoms with Crippen LogP contribution >= 0.6 is 11.8 Å². The molecule has 0 saturated carbocycles. The highest BCUT2D eigenvalue weighted by Gasteiger charge is 2.31. The van der Waals surface area contributed by atoms with Crippen LogP contribution in [0.25, 0.3) is 16.1 Å². The van der Waals surface area contributed by atoms with Crippen LogP contribution < -0.4 is 20.3 Å². The van der Waals surface area contributed by atoms with E-state index in [1.54, 1.807) is 48.5 Å². The van der Waals surface area contributed by atoms with E-state index >= 15 is 0 Å². The van der Waals surface area contributed by atoms with Crippen molar-refractivity contribution in [2.24, 2.45) is 0 Å². The van der Waals surface area contributed by atoms with E-state index in [0.29, 0.717) is 27.9 Å². The number of methoxy groups -OCH3 is 1. The van der Waals surface area contributed by atoms with Crippen LogP contribution in [0.3, 0.4) is 0 Å². The van der Waals surface area contributed by atoms with E-state index in [9.17, 15) is 22.8 Å². The fourth-order valence-corrected chi connectivity index (χ4v) is 4.28. The number of rotatable bonds is 8. The molecule has 1 heterocycles. The Bertz CT molecular complexity index is 1600. The van der Waals surface area contributed by atoms with Crippen molar-refractivity contribution >= 4 is 29.0 Å². The summed E-state index contributed by atoms with van der Waals surface area (Å²) >= 11 is 1.25. The van der Waals surface area contributed by atoms with E-state index in [2.05, 4.69) is 24.9 Å². The second-order valence-corrected chi connectivity index (χ2v) is 8.89. The van der Waals surface area contributed by atoms with Gasteiger partial charge in [0, 0.05) is 17.0 Å². The maximum Gasteiger partial charge on any atom is 0.573 e. The Morgan fingerprint density at radius 2 is 1.79 bits per heavy atom. The van der Waals surface area contributed by atoms with Gasteiger partial charge in [-0.15, -0.1) is 13.2 Å². The van der Waals surface area contributed by atoms with E-state index in [1.165, 1.54) is 31.0 Å². The van der Waals surface area contributed by atoms with Crippen LogP contribution in [0.1, 0.15) is 15.9 Å². The number of ether oxygens (including phenoxy) is 2. The summed E-state index contributed by atoms with van der Waals surface area (Å²) in [6, 6.07) is 18.5. The van der Waals surface area contributed by atoms with Crippen molar-refractivity contribution in [1.82, 2.24) is 9.97 Å². The highest BCUT2D eigenvalue weighted by atomic mass is 32.2. The smallest absolute Gasteiger partial charge is 0.497 e. The number of aromatic nitrogens is 2. The number of hydrogen-bond donors (Lipinski definition) is 2. The SMILES string of the molecule is [C-]#[N+]c1c(-c2cccc(OC)c2)nc(SCc2ccc(NC(=O)c3cccc(OC(F)(F)F)c3)cc2)[nH]c1=O. The number of anilines is 1. The molecule has 0 aliphatic carbocycles. The molecule has 1 amide bonds. The summed E-state index contributed by atoms with van der Waals surface area (Å²) in [4.78, 5) is 35.5. The molecule has 4 rings (SSSR count). The third-order valence-corrected chi connectivity index (χ3v) is 6.19. The Kier molecular flexibility index (Phi) is 8.21. The molecule has 0 aliphatic heterocycles. The van der Waals surface area contributed by atoms with Gasteiger partial charge in [-0.25, -0.2) is 9.83 Å². The molecule has 4 aromatic rings. The fourth-order valence-electron chi connectivity index (χ4n) is 3.46. The number of benzene rings is 3. The van der Waals surface area contributed by atoms with Gasteiger partial charge in [0.1, 0.15) is 11.5 Å². The van der Waals surface area contributed by atoms with Crippen LogP contribution in [-0.2, 0) is 5.75 Å². The number of carbonyl (C=O) groups is 1. The highest BCUT2D eigenvalue weighted by Crippen LogP contribution is 2.30. The Morgan fingerprint density at radius 1 is 1.08 bits per heavy atom. The lowest BCUT2D eigenvalue weighted by molar-refractivity contribution is -0.274. The molecule has 0 aliphatic rings. The van der Waals surface area contributed by atoms with Gasteiger partial charge in [0.25, 0.3) is 17.2 Å². The first-order valence-corrected chi connectivity index (χ1v) is 12.2. The number of H-pyrrole nitrogens is 1. The van der Waals surface area contributed by atoms with E-state index in [4.69, 9.17) is 11.3 Å². The first-order chi connectivity index (χ1) is 18.6. The molecular formula is C27H19F3N4O4S. The summed E-state index contributed by atoms with van der Waals surface area (Å²) in [5.41, 5.74) is 1.43. The molecule has 0 spiro atoms. The normalized spacial score (nSPS) is 10.9. The van der Waals surface area contributed by atoms with Crippen molar-refractivity contribution in [1.29, 1.82) is 0 Å². The Hall–Kier alpha value is -4.76. The lowest BCUT2D eigenvalue weighted by Crippen LogP contribution is -2.18. The minimum atomic E-state index is -4.86. The molecule has 0 fully saturated rings. The van der Waals surface area contributed by atoms with Crippen molar-refractivity contribution in [2.45, 2.75) is 17.3 Å². The number of thioether (sulfide) groups is 1. The van der Waals surface area contributed by atoms with Crippen molar-refractivity contribution in [3.63, 3.8) is 0 Å². The largest absolute Gasteiger partial charge is 0.573 e. The summed E-state index contributed by atoms with van der Waals surface area (Å²) in [6.45, 7) is 7.39. The third kappa shape index (κ3) is 7.18. The van der Waals surface area contributed by atoms with Crippen LogP contribution in [0.4, 0.5) is 24.5 Å². The summed E-state index contributed by atoms with van der Waals surface area (Å²) in [7, 11) is 1.52. The van der Waals surface area contributed by atoms with Crippen molar-refractivity contribution in [3.8, 4) is 22.8 Å². The summed E-state index contributed by atoms with van der Waals surface area (Å²) in [5.74, 6) is -0.109. The Morgan fingerprint density at radius 3 is 2.49 bits per heavy atom. The van der Waals surface area contributed by atoms with Gasteiger partial charge in [-0.1, -0.05) is 42.1 Å². The van der Waals surface area contributed by atoms with E-state index < -0.39 is 23.6 Å². The van der Waals surface area contributed by atoms with Gasteiger partial charge in [-0.2, -0.15) is 0 Å². The predicted molar refractivity (Wildman–Crippen MR) is 140 cm³/mol. The Labute approximate surface area is 224 Å². The first kappa shape index (κ1) is 27.3. The fraction of sp³-hybridized carbons (Fsp3) is 0.111. The molecule has 2 N–H and O–H groups in total. The predicted octanol–water partition coefficient (Wildman–Crippen LogP) is 6.44. The van der Waals surface area contributed by atoms with Gasteiger partial charge in [0.05, 0.1) is 19.4 Å². The average Bonchev–Trinajstić information content (AvgIpc) is 2.91. The summed E-state index contributed by atoms with van der Waals surface area (Å²) < 4.78 is 46.4. The zero-order chi connectivity index (χ0) is 28.0. The summed E-state index contributed by atoms with van der Waals surface area (Å²) in [6.07, 6.45) is -4.86. The number of alkyl halides is 3. The average molecular weight is 553 g/mol.